The largest absolute Gasteiger partial charge is 0.376 e. The second-order valence-electron chi connectivity index (χ2n) is 7.94. The minimum absolute atomic E-state index is 0.00249. The van der Waals surface area contributed by atoms with Crippen molar-refractivity contribution in [2.75, 3.05) is 20.2 Å². The number of aromatic nitrogens is 2. The van der Waals surface area contributed by atoms with E-state index in [-0.39, 0.29) is 24.0 Å². The first-order valence-corrected chi connectivity index (χ1v) is 9.60. The summed E-state index contributed by atoms with van der Waals surface area (Å²) in [6, 6.07) is 11.1. The van der Waals surface area contributed by atoms with Gasteiger partial charge in [-0.25, -0.2) is 0 Å². The van der Waals surface area contributed by atoms with Crippen LogP contribution in [0.4, 0.5) is 0 Å². The number of hydrogen-bond acceptors (Lipinski definition) is 4. The number of nitrogens with zero attached hydrogens (tertiary/aromatic N) is 3. The maximum absolute atomic E-state index is 12.8. The molecule has 148 valence electrons. The normalized spacial score (nSPS) is 19.0. The highest BCUT2D eigenvalue weighted by Gasteiger charge is 2.66. The van der Waals surface area contributed by atoms with E-state index in [1.165, 1.54) is 0 Å². The molecule has 2 amide bonds. The van der Waals surface area contributed by atoms with E-state index in [0.717, 1.165) is 24.2 Å². The van der Waals surface area contributed by atoms with Crippen LogP contribution in [0.1, 0.15) is 34.6 Å². The van der Waals surface area contributed by atoms with E-state index in [9.17, 15) is 9.59 Å². The molecule has 2 heterocycles. The molecule has 1 aliphatic carbocycles. The van der Waals surface area contributed by atoms with Gasteiger partial charge in [0.2, 0.25) is 5.91 Å². The van der Waals surface area contributed by atoms with E-state index in [2.05, 4.69) is 10.4 Å². The Morgan fingerprint density at radius 1 is 1.18 bits per heavy atom. The predicted octanol–water partition coefficient (Wildman–Crippen LogP) is 1.69. The molecule has 0 radical (unpaired) electrons. The Balaban J connectivity index is 1.47. The molecule has 7 heteroatoms. The molecule has 1 aliphatic heterocycles. The summed E-state index contributed by atoms with van der Waals surface area (Å²) < 4.78 is 7.52. The van der Waals surface area contributed by atoms with Crippen LogP contribution >= 0.6 is 0 Å². The minimum atomic E-state index is -0.542. The van der Waals surface area contributed by atoms with E-state index in [4.69, 9.17) is 4.74 Å². The summed E-state index contributed by atoms with van der Waals surface area (Å²) in [4.78, 5) is 27.3. The molecule has 7 nitrogen and oxygen atoms in total. The average molecular weight is 382 g/mol. The van der Waals surface area contributed by atoms with Gasteiger partial charge in [0.1, 0.15) is 12.1 Å². The molecule has 1 saturated carbocycles. The van der Waals surface area contributed by atoms with Crippen molar-refractivity contribution in [2.24, 2.45) is 0 Å². The molecule has 0 spiro atoms. The van der Waals surface area contributed by atoms with Crippen molar-refractivity contribution < 1.29 is 14.3 Å². The lowest BCUT2D eigenvalue weighted by Gasteiger charge is -2.54. The highest BCUT2D eigenvalue weighted by molar-refractivity contribution is 5.95. The molecule has 0 atom stereocenters. The molecule has 4 rings (SSSR count). The number of ether oxygens (including phenoxy) is 1. The molecule has 1 saturated heterocycles. The molecule has 2 fully saturated rings. The first-order valence-electron chi connectivity index (χ1n) is 9.60. The van der Waals surface area contributed by atoms with Crippen molar-refractivity contribution in [3.63, 3.8) is 0 Å². The zero-order chi connectivity index (χ0) is 19.9. The van der Waals surface area contributed by atoms with Gasteiger partial charge in [-0.15, -0.1) is 0 Å². The monoisotopic (exact) mass is 382 g/mol. The van der Waals surface area contributed by atoms with E-state index >= 15 is 0 Å². The van der Waals surface area contributed by atoms with Crippen LogP contribution in [0.5, 0.6) is 0 Å². The lowest BCUT2D eigenvalue weighted by Crippen LogP contribution is -2.77. The number of amides is 2. The second-order valence-corrected chi connectivity index (χ2v) is 7.94. The van der Waals surface area contributed by atoms with Crippen molar-refractivity contribution in [1.29, 1.82) is 0 Å². The molecule has 1 N–H and O–H groups in total. The average Bonchev–Trinajstić information content (AvgIpc) is 3.39. The maximum atomic E-state index is 12.8. The summed E-state index contributed by atoms with van der Waals surface area (Å²) in [5, 5.41) is 7.55. The van der Waals surface area contributed by atoms with Crippen molar-refractivity contribution in [1.82, 2.24) is 20.0 Å². The van der Waals surface area contributed by atoms with E-state index in [1.54, 1.807) is 28.8 Å². The molecule has 2 aromatic rings. The first-order chi connectivity index (χ1) is 13.4. The number of rotatable bonds is 6. The van der Waals surface area contributed by atoms with Crippen LogP contribution in [-0.4, -0.2) is 57.8 Å². The van der Waals surface area contributed by atoms with Gasteiger partial charge in [-0.2, -0.15) is 5.10 Å². The quantitative estimate of drug-likeness (QED) is 0.825. The van der Waals surface area contributed by atoms with E-state index < -0.39 is 5.54 Å². The summed E-state index contributed by atoms with van der Waals surface area (Å²) in [6.07, 6.45) is 1.77. The Morgan fingerprint density at radius 2 is 1.86 bits per heavy atom. The number of carbonyl (C=O) groups is 2. The van der Waals surface area contributed by atoms with Crippen LogP contribution in [0.3, 0.4) is 0 Å². The molecule has 1 aromatic heterocycles. The smallest absolute Gasteiger partial charge is 0.251 e. The number of likely N-dealkylation sites (tertiary alicyclic amines) is 1. The standard InChI is InChI=1S/C21H26N4O3/c1-15-11-16(2)25(23-15)12-18(26)24-13-20(14-24,21(28-3)9-10-21)22-19(27)17-7-5-4-6-8-17/h4-8,11H,9-10,12-14H2,1-3H3,(H,22,27). The lowest BCUT2D eigenvalue weighted by atomic mass is 9.81. The molecule has 0 unspecified atom stereocenters. The topological polar surface area (TPSA) is 76.5 Å². The SMILES string of the molecule is COC1(C2(NC(=O)c3ccccc3)CN(C(=O)Cn3nc(C)cc3C)C2)CC1. The Hall–Kier alpha value is -2.67. The third-order valence-corrected chi connectivity index (χ3v) is 6.02. The summed E-state index contributed by atoms with van der Waals surface area (Å²) in [7, 11) is 1.68. The Kier molecular flexibility index (Phi) is 4.50. The van der Waals surface area contributed by atoms with Gasteiger partial charge in [0, 0.05) is 31.5 Å². The second kappa shape index (κ2) is 6.74. The number of aryl methyl sites for hydroxylation is 2. The third kappa shape index (κ3) is 3.09. The van der Waals surface area contributed by atoms with Crippen molar-refractivity contribution in [2.45, 2.75) is 44.4 Å². The highest BCUT2D eigenvalue weighted by atomic mass is 16.5. The van der Waals surface area contributed by atoms with Gasteiger partial charge in [0.05, 0.1) is 11.3 Å². The lowest BCUT2D eigenvalue weighted by molar-refractivity contribution is -0.149. The number of benzene rings is 1. The zero-order valence-corrected chi connectivity index (χ0v) is 16.6. The van der Waals surface area contributed by atoms with Gasteiger partial charge in [0.15, 0.2) is 0 Å². The maximum Gasteiger partial charge on any atom is 0.251 e. The van der Waals surface area contributed by atoms with Gasteiger partial charge in [0.25, 0.3) is 5.91 Å². The highest BCUT2D eigenvalue weighted by Crippen LogP contribution is 2.51. The van der Waals surface area contributed by atoms with Gasteiger partial charge < -0.3 is 15.0 Å². The molecular weight excluding hydrogens is 356 g/mol. The van der Waals surface area contributed by atoms with Crippen LogP contribution in [0, 0.1) is 13.8 Å². The van der Waals surface area contributed by atoms with E-state index in [0.29, 0.717) is 18.7 Å². The number of methoxy groups -OCH3 is 1. The molecule has 2 aliphatic rings. The molecule has 0 bridgehead atoms. The Labute approximate surface area is 164 Å². The fourth-order valence-corrected chi connectivity index (χ4v) is 4.20. The van der Waals surface area contributed by atoms with Crippen molar-refractivity contribution in [3.05, 3.63) is 53.3 Å². The number of nitrogens with one attached hydrogen (secondary N) is 1. The van der Waals surface area contributed by atoms with Gasteiger partial charge in [-0.3, -0.25) is 14.3 Å². The predicted molar refractivity (Wildman–Crippen MR) is 104 cm³/mol. The Morgan fingerprint density at radius 3 is 2.39 bits per heavy atom. The summed E-state index contributed by atoms with van der Waals surface area (Å²) in [6.45, 7) is 4.98. The summed E-state index contributed by atoms with van der Waals surface area (Å²) in [5.74, 6) is -0.128. The molecule has 1 aromatic carbocycles. The number of carbonyl (C=O) groups excluding carboxylic acids is 2. The van der Waals surface area contributed by atoms with Gasteiger partial charge in [-0.1, -0.05) is 18.2 Å². The van der Waals surface area contributed by atoms with Gasteiger partial charge >= 0.3 is 0 Å². The van der Waals surface area contributed by atoms with Crippen molar-refractivity contribution in [3.8, 4) is 0 Å². The van der Waals surface area contributed by atoms with Crippen LogP contribution in [0.15, 0.2) is 36.4 Å². The van der Waals surface area contributed by atoms with E-state index in [1.807, 2.05) is 38.1 Å². The third-order valence-electron chi connectivity index (χ3n) is 6.02. The van der Waals surface area contributed by atoms with Crippen LogP contribution in [0.25, 0.3) is 0 Å². The van der Waals surface area contributed by atoms with Crippen LogP contribution < -0.4 is 5.32 Å². The first kappa shape index (κ1) is 18.7. The number of hydrogen-bond donors (Lipinski definition) is 1. The zero-order valence-electron chi connectivity index (χ0n) is 16.6. The fourth-order valence-electron chi connectivity index (χ4n) is 4.20. The molecular formula is C21H26N4O3. The van der Waals surface area contributed by atoms with Gasteiger partial charge in [-0.05, 0) is 44.9 Å². The summed E-state index contributed by atoms with van der Waals surface area (Å²) >= 11 is 0. The molecule has 28 heavy (non-hydrogen) atoms. The fraction of sp³-hybridized carbons (Fsp3) is 0.476. The summed E-state index contributed by atoms with van der Waals surface area (Å²) in [5.41, 5.74) is 1.55. The Bertz CT molecular complexity index is 896. The minimum Gasteiger partial charge on any atom is -0.376 e. The van der Waals surface area contributed by atoms with Crippen LogP contribution in [-0.2, 0) is 16.1 Å². The van der Waals surface area contributed by atoms with Crippen molar-refractivity contribution >= 4 is 11.8 Å². The van der Waals surface area contributed by atoms with Crippen LogP contribution in [0.2, 0.25) is 0 Å².